The van der Waals surface area contributed by atoms with E-state index in [1.807, 2.05) is 12.1 Å². The van der Waals surface area contributed by atoms with Crippen LogP contribution >= 0.6 is 0 Å². The lowest BCUT2D eigenvalue weighted by atomic mass is 9.91. The Hall–Kier alpha value is -1.95. The molecule has 14 heavy (non-hydrogen) atoms. The number of carbonyl (C=O) groups excluding carboxylic acids is 1. The minimum absolute atomic E-state index is 0.143. The van der Waals surface area contributed by atoms with Gasteiger partial charge in [0.05, 0.1) is 11.8 Å². The second-order valence-electron chi connectivity index (χ2n) is 3.20. The molecule has 0 saturated carbocycles. The van der Waals surface area contributed by atoms with Gasteiger partial charge in [0.25, 0.3) is 0 Å². The van der Waals surface area contributed by atoms with Crippen LogP contribution in [0.5, 0.6) is 0 Å². The Morgan fingerprint density at radius 1 is 1.43 bits per heavy atom. The summed E-state index contributed by atoms with van der Waals surface area (Å²) in [7, 11) is 0. The van der Waals surface area contributed by atoms with Crippen LogP contribution in [-0.4, -0.2) is 11.5 Å². The van der Waals surface area contributed by atoms with Gasteiger partial charge in [-0.1, -0.05) is 12.1 Å². The van der Waals surface area contributed by atoms with Crippen LogP contribution in [0.25, 0.3) is 0 Å². The van der Waals surface area contributed by atoms with Crippen molar-refractivity contribution in [1.82, 2.24) is 0 Å². The van der Waals surface area contributed by atoms with Gasteiger partial charge in [-0.3, -0.25) is 9.79 Å². The van der Waals surface area contributed by atoms with Gasteiger partial charge in [-0.15, -0.1) is 0 Å². The fourth-order valence-corrected chi connectivity index (χ4v) is 1.53. The summed E-state index contributed by atoms with van der Waals surface area (Å²) in [6.45, 7) is 1.71. The predicted molar refractivity (Wildman–Crippen MR) is 52.6 cm³/mol. The highest BCUT2D eigenvalue weighted by molar-refractivity contribution is 6.19. The lowest BCUT2D eigenvalue weighted by Gasteiger charge is -2.15. The number of ketones is 1. The van der Waals surface area contributed by atoms with Gasteiger partial charge in [0.2, 0.25) is 0 Å². The quantitative estimate of drug-likeness (QED) is 0.620. The van der Waals surface area contributed by atoms with E-state index in [1.165, 1.54) is 0 Å². The Labute approximate surface area is 81.7 Å². The second-order valence-corrected chi connectivity index (χ2v) is 3.20. The molecule has 3 heteroatoms. The number of carbonyl (C=O) groups is 1. The average molecular weight is 184 g/mol. The van der Waals surface area contributed by atoms with Crippen LogP contribution in [0.4, 0.5) is 5.69 Å². The summed E-state index contributed by atoms with van der Waals surface area (Å²) < 4.78 is 0. The molecule has 0 fully saturated rings. The standard InChI is InChI=1S/C11H8N2O/c1-7-9(6-12)11(14)8-4-2-3-5-10(8)13-7/h2-5,9H,1H3. The SMILES string of the molecule is CC1=Nc2ccccc2C(=O)C1C#N. The molecule has 0 aliphatic carbocycles. The normalized spacial score (nSPS) is 19.6. The monoisotopic (exact) mass is 184 g/mol. The van der Waals surface area contributed by atoms with Crippen molar-refractivity contribution in [2.75, 3.05) is 0 Å². The summed E-state index contributed by atoms with van der Waals surface area (Å²) in [4.78, 5) is 16.0. The third-order valence-electron chi connectivity index (χ3n) is 2.28. The Morgan fingerprint density at radius 3 is 2.86 bits per heavy atom. The van der Waals surface area contributed by atoms with E-state index < -0.39 is 5.92 Å². The first-order valence-corrected chi connectivity index (χ1v) is 4.32. The maximum atomic E-state index is 11.8. The largest absolute Gasteiger partial charge is 0.292 e. The van der Waals surface area contributed by atoms with Gasteiger partial charge in [-0.05, 0) is 19.1 Å². The smallest absolute Gasteiger partial charge is 0.187 e. The van der Waals surface area contributed by atoms with E-state index in [9.17, 15) is 4.79 Å². The summed E-state index contributed by atoms with van der Waals surface area (Å²) in [5.41, 5.74) is 1.79. The first-order chi connectivity index (χ1) is 6.74. The molecule has 0 saturated heterocycles. The number of aliphatic imine (C=N–C) groups is 1. The molecule has 1 aromatic rings. The number of benzene rings is 1. The molecule has 0 aromatic heterocycles. The lowest BCUT2D eigenvalue weighted by Crippen LogP contribution is -2.23. The number of hydrogen-bond donors (Lipinski definition) is 0. The van der Waals surface area contributed by atoms with Crippen LogP contribution in [0, 0.1) is 17.2 Å². The highest BCUT2D eigenvalue weighted by Crippen LogP contribution is 2.27. The summed E-state index contributed by atoms with van der Waals surface area (Å²) in [6.07, 6.45) is 0. The maximum absolute atomic E-state index is 11.8. The third kappa shape index (κ3) is 1.12. The molecule has 1 aromatic carbocycles. The van der Waals surface area contributed by atoms with Crippen LogP contribution in [0.3, 0.4) is 0 Å². The van der Waals surface area contributed by atoms with Crippen molar-refractivity contribution >= 4 is 17.2 Å². The summed E-state index contributed by atoms with van der Waals surface area (Å²) in [6, 6.07) is 9.06. The molecular formula is C11H8N2O. The molecule has 1 atom stereocenters. The fourth-order valence-electron chi connectivity index (χ4n) is 1.53. The van der Waals surface area contributed by atoms with Crippen LogP contribution < -0.4 is 0 Å². The fraction of sp³-hybridized carbons (Fsp3) is 0.182. The zero-order valence-electron chi connectivity index (χ0n) is 7.69. The van der Waals surface area contributed by atoms with E-state index in [2.05, 4.69) is 4.99 Å². The summed E-state index contributed by atoms with van der Waals surface area (Å²) in [5.74, 6) is -0.847. The van der Waals surface area contributed by atoms with Crippen molar-refractivity contribution in [3.05, 3.63) is 29.8 Å². The van der Waals surface area contributed by atoms with Crippen molar-refractivity contribution in [2.24, 2.45) is 10.9 Å². The number of rotatable bonds is 0. The third-order valence-corrected chi connectivity index (χ3v) is 2.28. The van der Waals surface area contributed by atoms with E-state index in [0.717, 1.165) is 0 Å². The van der Waals surface area contributed by atoms with Gasteiger partial charge in [0.1, 0.15) is 5.92 Å². The van der Waals surface area contributed by atoms with Crippen molar-refractivity contribution in [2.45, 2.75) is 6.92 Å². The van der Waals surface area contributed by atoms with Crippen LogP contribution in [-0.2, 0) is 0 Å². The molecule has 0 amide bonds. The number of nitrogens with zero attached hydrogens (tertiary/aromatic N) is 2. The second kappa shape index (κ2) is 3.08. The molecule has 1 aliphatic rings. The number of Topliss-reactive ketones (excluding diaryl/α,β-unsaturated/α-hetero) is 1. The van der Waals surface area contributed by atoms with E-state index in [0.29, 0.717) is 17.0 Å². The van der Waals surface area contributed by atoms with Gasteiger partial charge in [-0.2, -0.15) is 5.26 Å². The zero-order valence-corrected chi connectivity index (χ0v) is 7.69. The van der Waals surface area contributed by atoms with Crippen LogP contribution in [0.15, 0.2) is 29.3 Å². The number of fused-ring (bicyclic) bond motifs is 1. The molecule has 2 rings (SSSR count). The molecule has 1 aliphatic heterocycles. The topological polar surface area (TPSA) is 53.2 Å². The Balaban J connectivity index is 2.63. The summed E-state index contributed by atoms with van der Waals surface area (Å²) >= 11 is 0. The average Bonchev–Trinajstić information content (AvgIpc) is 2.18. The Morgan fingerprint density at radius 2 is 2.14 bits per heavy atom. The Bertz CT molecular complexity index is 468. The van der Waals surface area contributed by atoms with Crippen molar-refractivity contribution in [3.63, 3.8) is 0 Å². The van der Waals surface area contributed by atoms with E-state index in [4.69, 9.17) is 5.26 Å². The highest BCUT2D eigenvalue weighted by atomic mass is 16.1. The molecular weight excluding hydrogens is 176 g/mol. The molecule has 1 unspecified atom stereocenters. The molecule has 0 bridgehead atoms. The van der Waals surface area contributed by atoms with Crippen LogP contribution in [0.1, 0.15) is 17.3 Å². The van der Waals surface area contributed by atoms with Crippen molar-refractivity contribution in [3.8, 4) is 6.07 Å². The highest BCUT2D eigenvalue weighted by Gasteiger charge is 2.28. The number of hydrogen-bond acceptors (Lipinski definition) is 3. The first kappa shape index (κ1) is 8.64. The molecule has 68 valence electrons. The van der Waals surface area contributed by atoms with Crippen molar-refractivity contribution < 1.29 is 4.79 Å². The number of para-hydroxylation sites is 1. The van der Waals surface area contributed by atoms with Gasteiger partial charge in [-0.25, -0.2) is 0 Å². The number of nitriles is 1. The zero-order chi connectivity index (χ0) is 10.1. The van der Waals surface area contributed by atoms with E-state index in [-0.39, 0.29) is 5.78 Å². The molecule has 0 spiro atoms. The van der Waals surface area contributed by atoms with Gasteiger partial charge in [0.15, 0.2) is 5.78 Å². The van der Waals surface area contributed by atoms with Gasteiger partial charge >= 0.3 is 0 Å². The lowest BCUT2D eigenvalue weighted by molar-refractivity contribution is 0.0974. The van der Waals surface area contributed by atoms with Crippen molar-refractivity contribution in [1.29, 1.82) is 5.26 Å². The molecule has 3 nitrogen and oxygen atoms in total. The molecule has 0 radical (unpaired) electrons. The minimum Gasteiger partial charge on any atom is -0.292 e. The molecule has 0 N–H and O–H groups in total. The summed E-state index contributed by atoms with van der Waals surface area (Å²) in [5, 5.41) is 8.81. The Kier molecular flexibility index (Phi) is 1.90. The van der Waals surface area contributed by atoms with Gasteiger partial charge in [0, 0.05) is 11.3 Å². The maximum Gasteiger partial charge on any atom is 0.187 e. The van der Waals surface area contributed by atoms with E-state index >= 15 is 0 Å². The van der Waals surface area contributed by atoms with Crippen LogP contribution in [0.2, 0.25) is 0 Å². The predicted octanol–water partition coefficient (Wildman–Crippen LogP) is 2.12. The molecule has 1 heterocycles. The van der Waals surface area contributed by atoms with Gasteiger partial charge < -0.3 is 0 Å². The van der Waals surface area contributed by atoms with E-state index in [1.54, 1.807) is 25.1 Å². The minimum atomic E-state index is -0.704. The first-order valence-electron chi connectivity index (χ1n) is 4.32.